The molecule has 4 heteroatoms. The number of nitrogens with one attached hydrogen (secondary N) is 1. The minimum absolute atomic E-state index is 0.133. The maximum absolute atomic E-state index is 11.7. The highest BCUT2D eigenvalue weighted by molar-refractivity contribution is 5.76. The van der Waals surface area contributed by atoms with E-state index < -0.39 is 0 Å². The van der Waals surface area contributed by atoms with Crippen molar-refractivity contribution in [1.82, 2.24) is 10.2 Å². The molecular formula is C13H23N3O. The number of rotatable bonds is 6. The van der Waals surface area contributed by atoms with Crippen molar-refractivity contribution < 1.29 is 4.79 Å². The minimum Gasteiger partial charge on any atom is -0.353 e. The van der Waals surface area contributed by atoms with Gasteiger partial charge in [-0.15, -0.1) is 0 Å². The Kier molecular flexibility index (Phi) is 6.64. The Balaban J connectivity index is 2.17. The summed E-state index contributed by atoms with van der Waals surface area (Å²) in [5.41, 5.74) is 0. The smallest absolute Gasteiger partial charge is 0.221 e. The van der Waals surface area contributed by atoms with Crippen LogP contribution in [0.2, 0.25) is 0 Å². The van der Waals surface area contributed by atoms with Gasteiger partial charge >= 0.3 is 0 Å². The monoisotopic (exact) mass is 237 g/mol. The average molecular weight is 237 g/mol. The van der Waals surface area contributed by atoms with E-state index in [1.807, 2.05) is 11.8 Å². The van der Waals surface area contributed by atoms with Crippen molar-refractivity contribution in [3.63, 3.8) is 0 Å². The second kappa shape index (κ2) is 8.08. The molecule has 0 bridgehead atoms. The second-order valence-corrected chi connectivity index (χ2v) is 4.68. The first-order valence-corrected chi connectivity index (χ1v) is 6.65. The van der Waals surface area contributed by atoms with Crippen molar-refractivity contribution in [3.8, 4) is 6.07 Å². The lowest BCUT2D eigenvalue weighted by molar-refractivity contribution is -0.122. The molecule has 0 aromatic carbocycles. The predicted octanol–water partition coefficient (Wildman–Crippen LogP) is 1.67. The standard InChI is InChI=1S/C13H23N3O/c1-2-16(11-9-14)10-8-13(17)15-12-6-4-3-5-7-12/h12H,2-8,10-11H2,1H3,(H,15,17). The van der Waals surface area contributed by atoms with Gasteiger partial charge in [-0.25, -0.2) is 0 Å². The number of hydrogen-bond donors (Lipinski definition) is 1. The predicted molar refractivity (Wildman–Crippen MR) is 67.4 cm³/mol. The molecule has 1 aliphatic rings. The van der Waals surface area contributed by atoms with E-state index in [0.29, 0.717) is 25.6 Å². The Morgan fingerprint density at radius 2 is 2.12 bits per heavy atom. The van der Waals surface area contributed by atoms with Crippen LogP contribution in [-0.2, 0) is 4.79 Å². The molecule has 0 atom stereocenters. The number of nitriles is 1. The second-order valence-electron chi connectivity index (χ2n) is 4.68. The van der Waals surface area contributed by atoms with Gasteiger partial charge in [0.15, 0.2) is 0 Å². The summed E-state index contributed by atoms with van der Waals surface area (Å²) in [6.45, 7) is 3.93. The van der Waals surface area contributed by atoms with Gasteiger partial charge in [0.25, 0.3) is 0 Å². The van der Waals surface area contributed by atoms with Gasteiger partial charge in [-0.2, -0.15) is 5.26 Å². The Hall–Kier alpha value is -1.08. The molecule has 1 fully saturated rings. The summed E-state index contributed by atoms with van der Waals surface area (Å²) in [5.74, 6) is 0.133. The Labute approximate surface area is 104 Å². The number of carbonyl (C=O) groups excluding carboxylic acids is 1. The zero-order chi connectivity index (χ0) is 12.5. The van der Waals surface area contributed by atoms with E-state index in [-0.39, 0.29) is 5.91 Å². The number of hydrogen-bond acceptors (Lipinski definition) is 3. The summed E-state index contributed by atoms with van der Waals surface area (Å²) in [5, 5.41) is 11.7. The van der Waals surface area contributed by atoms with Crippen LogP contribution in [0, 0.1) is 11.3 Å². The van der Waals surface area contributed by atoms with Gasteiger partial charge < -0.3 is 5.32 Å². The molecular weight excluding hydrogens is 214 g/mol. The lowest BCUT2D eigenvalue weighted by Gasteiger charge is -2.23. The highest BCUT2D eigenvalue weighted by Crippen LogP contribution is 2.17. The van der Waals surface area contributed by atoms with E-state index in [1.54, 1.807) is 0 Å². The van der Waals surface area contributed by atoms with Crippen LogP contribution in [-0.4, -0.2) is 36.5 Å². The lowest BCUT2D eigenvalue weighted by Crippen LogP contribution is -2.38. The molecule has 0 aliphatic heterocycles. The van der Waals surface area contributed by atoms with E-state index in [4.69, 9.17) is 5.26 Å². The number of amides is 1. The molecule has 1 aliphatic carbocycles. The molecule has 1 N–H and O–H groups in total. The summed E-state index contributed by atoms with van der Waals surface area (Å²) in [6, 6.07) is 2.51. The first-order valence-electron chi connectivity index (χ1n) is 6.65. The molecule has 0 spiro atoms. The lowest BCUT2D eigenvalue weighted by atomic mass is 9.95. The third kappa shape index (κ3) is 5.69. The Bertz CT molecular complexity index is 266. The molecule has 17 heavy (non-hydrogen) atoms. The van der Waals surface area contributed by atoms with E-state index in [2.05, 4.69) is 11.4 Å². The molecule has 0 saturated heterocycles. The number of nitrogens with zero attached hydrogens (tertiary/aromatic N) is 2. The van der Waals surface area contributed by atoms with E-state index in [0.717, 1.165) is 19.4 Å². The van der Waals surface area contributed by atoms with Crippen LogP contribution < -0.4 is 5.32 Å². The molecule has 1 saturated carbocycles. The highest BCUT2D eigenvalue weighted by atomic mass is 16.1. The van der Waals surface area contributed by atoms with Crippen LogP contribution in [0.5, 0.6) is 0 Å². The highest BCUT2D eigenvalue weighted by Gasteiger charge is 2.15. The fourth-order valence-corrected chi connectivity index (χ4v) is 2.26. The minimum atomic E-state index is 0.133. The first kappa shape index (κ1) is 14.0. The van der Waals surface area contributed by atoms with Gasteiger partial charge in [-0.1, -0.05) is 26.2 Å². The van der Waals surface area contributed by atoms with Crippen molar-refractivity contribution in [2.24, 2.45) is 0 Å². The normalized spacial score (nSPS) is 16.8. The fraction of sp³-hybridized carbons (Fsp3) is 0.846. The van der Waals surface area contributed by atoms with Gasteiger partial charge in [0.05, 0.1) is 12.6 Å². The van der Waals surface area contributed by atoms with Gasteiger partial charge in [-0.05, 0) is 19.4 Å². The topological polar surface area (TPSA) is 56.1 Å². The first-order chi connectivity index (χ1) is 8.26. The van der Waals surface area contributed by atoms with E-state index in [9.17, 15) is 4.79 Å². The van der Waals surface area contributed by atoms with Crippen LogP contribution in [0.15, 0.2) is 0 Å². The summed E-state index contributed by atoms with van der Waals surface area (Å²) in [6.07, 6.45) is 6.54. The molecule has 96 valence electrons. The summed E-state index contributed by atoms with van der Waals surface area (Å²) in [7, 11) is 0. The molecule has 1 rings (SSSR count). The summed E-state index contributed by atoms with van der Waals surface area (Å²) >= 11 is 0. The third-order valence-electron chi connectivity index (χ3n) is 3.37. The van der Waals surface area contributed by atoms with Crippen LogP contribution >= 0.6 is 0 Å². The Morgan fingerprint density at radius 3 is 2.71 bits per heavy atom. The van der Waals surface area contributed by atoms with Crippen molar-refractivity contribution in [1.29, 1.82) is 5.26 Å². The van der Waals surface area contributed by atoms with Crippen LogP contribution in [0.4, 0.5) is 0 Å². The third-order valence-corrected chi connectivity index (χ3v) is 3.37. The molecule has 4 nitrogen and oxygen atoms in total. The summed E-state index contributed by atoms with van der Waals surface area (Å²) in [4.78, 5) is 13.7. The van der Waals surface area contributed by atoms with Crippen molar-refractivity contribution in [3.05, 3.63) is 0 Å². The molecule has 1 amide bonds. The number of carbonyl (C=O) groups is 1. The van der Waals surface area contributed by atoms with Crippen LogP contribution in [0.3, 0.4) is 0 Å². The SMILES string of the molecule is CCN(CC#N)CCC(=O)NC1CCCCC1. The Morgan fingerprint density at radius 1 is 1.41 bits per heavy atom. The van der Waals surface area contributed by atoms with Crippen molar-refractivity contribution >= 4 is 5.91 Å². The quantitative estimate of drug-likeness (QED) is 0.715. The zero-order valence-corrected chi connectivity index (χ0v) is 10.7. The van der Waals surface area contributed by atoms with Gasteiger partial charge in [0.2, 0.25) is 5.91 Å². The maximum Gasteiger partial charge on any atom is 0.221 e. The molecule has 0 aromatic rings. The van der Waals surface area contributed by atoms with Gasteiger partial charge in [-0.3, -0.25) is 9.69 Å². The van der Waals surface area contributed by atoms with Gasteiger partial charge in [0, 0.05) is 19.0 Å². The molecule has 0 radical (unpaired) electrons. The van der Waals surface area contributed by atoms with Crippen molar-refractivity contribution in [2.75, 3.05) is 19.6 Å². The largest absolute Gasteiger partial charge is 0.353 e. The van der Waals surface area contributed by atoms with Crippen molar-refractivity contribution in [2.45, 2.75) is 51.5 Å². The van der Waals surface area contributed by atoms with Crippen LogP contribution in [0.1, 0.15) is 45.4 Å². The summed E-state index contributed by atoms with van der Waals surface area (Å²) < 4.78 is 0. The molecule has 0 unspecified atom stereocenters. The van der Waals surface area contributed by atoms with Gasteiger partial charge in [0.1, 0.15) is 0 Å². The maximum atomic E-state index is 11.7. The molecule has 0 heterocycles. The zero-order valence-electron chi connectivity index (χ0n) is 10.7. The molecule has 0 aromatic heterocycles. The van der Waals surface area contributed by atoms with E-state index in [1.165, 1.54) is 19.3 Å². The fourth-order valence-electron chi connectivity index (χ4n) is 2.26. The van der Waals surface area contributed by atoms with Crippen LogP contribution in [0.25, 0.3) is 0 Å². The average Bonchev–Trinajstić information content (AvgIpc) is 2.35. The van der Waals surface area contributed by atoms with E-state index >= 15 is 0 Å².